The van der Waals surface area contributed by atoms with E-state index in [4.69, 9.17) is 0 Å². The summed E-state index contributed by atoms with van der Waals surface area (Å²) in [5.74, 6) is -1.07. The molecule has 1 amide bonds. The van der Waals surface area contributed by atoms with Crippen molar-refractivity contribution in [1.29, 1.82) is 0 Å². The summed E-state index contributed by atoms with van der Waals surface area (Å²) in [5.41, 5.74) is -0.478. The Hall–Kier alpha value is -2.67. The molecule has 24 heavy (non-hydrogen) atoms. The molecular weight excluding hydrogens is 328 g/mol. The number of sulfonamides is 1. The third-order valence-corrected chi connectivity index (χ3v) is 5.74. The second-order valence-electron chi connectivity index (χ2n) is 5.97. The van der Waals surface area contributed by atoms with Gasteiger partial charge in [0.1, 0.15) is 0 Å². The van der Waals surface area contributed by atoms with Gasteiger partial charge in [-0.3, -0.25) is 9.59 Å². The van der Waals surface area contributed by atoms with Gasteiger partial charge in [0.05, 0.1) is 11.9 Å². The first-order valence-corrected chi connectivity index (χ1v) is 9.18. The number of rotatable bonds is 1. The predicted molar refractivity (Wildman–Crippen MR) is 89.6 cm³/mol. The lowest BCUT2D eigenvalue weighted by molar-refractivity contribution is -0.120. The Labute approximate surface area is 139 Å². The lowest BCUT2D eigenvalue weighted by Crippen LogP contribution is -2.56. The van der Waals surface area contributed by atoms with Crippen LogP contribution < -0.4 is 9.21 Å². The fourth-order valence-corrected chi connectivity index (χ4v) is 4.97. The second kappa shape index (κ2) is 4.45. The molecule has 0 aliphatic carbocycles. The van der Waals surface area contributed by atoms with Crippen LogP contribution in [0, 0.1) is 0 Å². The zero-order valence-corrected chi connectivity index (χ0v) is 13.9. The highest BCUT2D eigenvalue weighted by atomic mass is 32.2. The quantitative estimate of drug-likeness (QED) is 0.737. The molecule has 1 atom stereocenters. The Bertz CT molecular complexity index is 1010. The van der Waals surface area contributed by atoms with E-state index in [0.29, 0.717) is 11.3 Å². The van der Waals surface area contributed by atoms with Gasteiger partial charge in [0.2, 0.25) is 21.3 Å². The zero-order valence-electron chi connectivity index (χ0n) is 13.1. The fourth-order valence-electron chi connectivity index (χ4n) is 3.69. The molecule has 4 rings (SSSR count). The molecule has 122 valence electrons. The Morgan fingerprint density at radius 3 is 2.17 bits per heavy atom. The maximum absolute atomic E-state index is 13.2. The summed E-state index contributed by atoms with van der Waals surface area (Å²) in [6.07, 6.45) is 1.01. The lowest BCUT2D eigenvalue weighted by atomic mass is 9.87. The van der Waals surface area contributed by atoms with Crippen molar-refractivity contribution in [2.24, 2.45) is 0 Å². The van der Waals surface area contributed by atoms with Crippen molar-refractivity contribution < 1.29 is 18.0 Å². The molecule has 7 heteroatoms. The van der Waals surface area contributed by atoms with E-state index in [2.05, 4.69) is 0 Å². The molecule has 0 radical (unpaired) electrons. The topological polar surface area (TPSA) is 74.8 Å². The summed E-state index contributed by atoms with van der Waals surface area (Å²) < 4.78 is 26.1. The van der Waals surface area contributed by atoms with E-state index in [1.807, 2.05) is 0 Å². The lowest BCUT2D eigenvalue weighted by Gasteiger charge is -2.32. The van der Waals surface area contributed by atoms with Crippen LogP contribution in [-0.2, 0) is 20.4 Å². The van der Waals surface area contributed by atoms with E-state index >= 15 is 0 Å². The van der Waals surface area contributed by atoms with E-state index in [9.17, 15) is 18.0 Å². The average molecular weight is 342 g/mol. The van der Waals surface area contributed by atoms with Gasteiger partial charge in [-0.05, 0) is 18.2 Å². The third-order valence-electron chi connectivity index (χ3n) is 4.60. The number of nitrogens with zero attached hydrogens (tertiary/aromatic N) is 2. The molecule has 0 saturated carbocycles. The van der Waals surface area contributed by atoms with Crippen LogP contribution in [0.2, 0.25) is 0 Å². The van der Waals surface area contributed by atoms with Crippen LogP contribution in [0.1, 0.15) is 15.9 Å². The molecular formula is C17H14N2O4S. The van der Waals surface area contributed by atoms with Crippen LogP contribution in [0.5, 0.6) is 0 Å². The molecule has 2 aromatic carbocycles. The smallest absolute Gasteiger partial charge is 0.266 e. The van der Waals surface area contributed by atoms with Gasteiger partial charge in [0.15, 0.2) is 0 Å². The van der Waals surface area contributed by atoms with Crippen LogP contribution in [-0.4, -0.2) is 33.4 Å². The second-order valence-corrected chi connectivity index (χ2v) is 7.80. The van der Waals surface area contributed by atoms with E-state index in [1.165, 1.54) is 4.90 Å². The molecule has 0 N–H and O–H groups in total. The van der Waals surface area contributed by atoms with Crippen molar-refractivity contribution in [3.8, 4) is 0 Å². The number of anilines is 2. The maximum atomic E-state index is 13.2. The number of amides is 1. The summed E-state index contributed by atoms with van der Waals surface area (Å²) in [5, 5.41) is 0. The standard InChI is InChI=1S/C17H14N2O4S/c1-18-14-10-6-4-8-12(14)17(16(18)21)15(20)11-7-3-5-9-13(11)19(17)24(2,22)23/h3-10H,1-2H3. The molecule has 6 nitrogen and oxygen atoms in total. The van der Waals surface area contributed by atoms with Crippen molar-refractivity contribution in [3.63, 3.8) is 0 Å². The molecule has 2 heterocycles. The number of ketones is 1. The minimum absolute atomic E-state index is 0.237. The first-order chi connectivity index (χ1) is 11.3. The van der Waals surface area contributed by atoms with Crippen molar-refractivity contribution >= 4 is 33.1 Å². The minimum atomic E-state index is -3.87. The monoisotopic (exact) mass is 342 g/mol. The van der Waals surface area contributed by atoms with Crippen LogP contribution in [0.3, 0.4) is 0 Å². The number of fused-ring (bicyclic) bond motifs is 3. The van der Waals surface area contributed by atoms with Crippen LogP contribution in [0.15, 0.2) is 48.5 Å². The molecule has 2 aliphatic heterocycles. The normalized spacial score (nSPS) is 22.2. The average Bonchev–Trinajstić information content (AvgIpc) is 2.95. The van der Waals surface area contributed by atoms with Gasteiger partial charge >= 0.3 is 0 Å². The summed E-state index contributed by atoms with van der Waals surface area (Å²) in [6, 6.07) is 13.2. The Kier molecular flexibility index (Phi) is 2.76. The van der Waals surface area contributed by atoms with E-state index in [0.717, 1.165) is 10.6 Å². The predicted octanol–water partition coefficient (Wildman–Crippen LogP) is 1.52. The summed E-state index contributed by atoms with van der Waals surface area (Å²) in [6.45, 7) is 0. The van der Waals surface area contributed by atoms with Gasteiger partial charge in [0, 0.05) is 23.9 Å². The fraction of sp³-hybridized carbons (Fsp3) is 0.176. The van der Waals surface area contributed by atoms with Crippen molar-refractivity contribution in [2.45, 2.75) is 5.54 Å². The van der Waals surface area contributed by atoms with E-state index in [-0.39, 0.29) is 11.3 Å². The van der Waals surface area contributed by atoms with Crippen LogP contribution >= 0.6 is 0 Å². The maximum Gasteiger partial charge on any atom is 0.266 e. The van der Waals surface area contributed by atoms with Gasteiger partial charge < -0.3 is 4.90 Å². The Balaban J connectivity index is 2.15. The Morgan fingerprint density at radius 1 is 0.917 bits per heavy atom. The van der Waals surface area contributed by atoms with Crippen molar-refractivity contribution in [2.75, 3.05) is 22.5 Å². The zero-order chi connectivity index (χ0) is 17.3. The van der Waals surface area contributed by atoms with Gasteiger partial charge in [-0.25, -0.2) is 12.7 Å². The van der Waals surface area contributed by atoms with Crippen LogP contribution in [0.4, 0.5) is 11.4 Å². The molecule has 0 saturated heterocycles. The van der Waals surface area contributed by atoms with Crippen molar-refractivity contribution in [3.05, 3.63) is 59.7 Å². The number of carbonyl (C=O) groups is 2. The molecule has 0 aromatic heterocycles. The SMILES string of the molecule is CN1C(=O)C2(C(=O)c3ccccc3N2S(C)(=O)=O)c2ccccc21. The number of hydrogen-bond donors (Lipinski definition) is 0. The molecule has 0 bridgehead atoms. The number of para-hydroxylation sites is 2. The third kappa shape index (κ3) is 1.52. The first-order valence-electron chi connectivity index (χ1n) is 7.33. The number of Topliss-reactive ketones (excluding diaryl/α,β-unsaturated/α-hetero) is 1. The Morgan fingerprint density at radius 2 is 1.50 bits per heavy atom. The van der Waals surface area contributed by atoms with Gasteiger partial charge in [-0.2, -0.15) is 0 Å². The van der Waals surface area contributed by atoms with Gasteiger partial charge in [0.25, 0.3) is 5.91 Å². The molecule has 0 fully saturated rings. The van der Waals surface area contributed by atoms with Gasteiger partial charge in [-0.1, -0.05) is 30.3 Å². The van der Waals surface area contributed by atoms with Crippen molar-refractivity contribution in [1.82, 2.24) is 0 Å². The van der Waals surface area contributed by atoms with E-state index in [1.54, 1.807) is 55.6 Å². The van der Waals surface area contributed by atoms with Crippen LogP contribution in [0.25, 0.3) is 0 Å². The largest absolute Gasteiger partial charge is 0.312 e. The van der Waals surface area contributed by atoms with E-state index < -0.39 is 27.3 Å². The highest BCUT2D eigenvalue weighted by molar-refractivity contribution is 7.92. The first kappa shape index (κ1) is 14.9. The number of carbonyl (C=O) groups excluding carboxylic acids is 2. The molecule has 1 spiro atoms. The van der Waals surface area contributed by atoms with Gasteiger partial charge in [-0.15, -0.1) is 0 Å². The molecule has 1 unspecified atom stereocenters. The number of hydrogen-bond acceptors (Lipinski definition) is 4. The highest BCUT2D eigenvalue weighted by Crippen LogP contribution is 2.53. The highest BCUT2D eigenvalue weighted by Gasteiger charge is 2.66. The summed E-state index contributed by atoms with van der Waals surface area (Å²) in [7, 11) is -2.33. The number of likely N-dealkylation sites (N-methyl/N-ethyl adjacent to an activating group) is 1. The minimum Gasteiger partial charge on any atom is -0.312 e. The molecule has 2 aliphatic rings. The molecule has 2 aromatic rings. The summed E-state index contributed by atoms with van der Waals surface area (Å²) >= 11 is 0. The number of benzene rings is 2. The summed E-state index contributed by atoms with van der Waals surface area (Å²) in [4.78, 5) is 27.7.